The van der Waals surface area contributed by atoms with Crippen LogP contribution in [-0.2, 0) is 6.42 Å². The van der Waals surface area contributed by atoms with Crippen LogP contribution in [-0.4, -0.2) is 10.9 Å². The molecule has 3 aromatic rings. The minimum absolute atomic E-state index is 0.182. The Labute approximate surface area is 162 Å². The fraction of sp³-hybridized carbons (Fsp3) is 0.238. The summed E-state index contributed by atoms with van der Waals surface area (Å²) >= 11 is 1.33. The average molecular weight is 383 g/mol. The summed E-state index contributed by atoms with van der Waals surface area (Å²) < 4.78 is 13.1. The van der Waals surface area contributed by atoms with Crippen molar-refractivity contribution in [2.24, 2.45) is 0 Å². The lowest BCUT2D eigenvalue weighted by Crippen LogP contribution is -2.26. The van der Waals surface area contributed by atoms with E-state index in [0.717, 1.165) is 17.7 Å². The topological polar surface area (TPSA) is 54.0 Å². The molecule has 3 rings (SSSR count). The molecule has 1 aromatic heterocycles. The summed E-state index contributed by atoms with van der Waals surface area (Å²) in [6.07, 6.45) is 0.913. The number of hydrogen-bond donors (Lipinski definition) is 2. The van der Waals surface area contributed by atoms with Gasteiger partial charge in [-0.05, 0) is 49.6 Å². The molecule has 0 fully saturated rings. The Morgan fingerprint density at radius 3 is 2.59 bits per heavy atom. The molecule has 1 heterocycles. The Morgan fingerprint density at radius 2 is 1.89 bits per heavy atom. The van der Waals surface area contributed by atoms with E-state index in [1.807, 2.05) is 32.0 Å². The van der Waals surface area contributed by atoms with Crippen molar-refractivity contribution in [2.75, 3.05) is 5.32 Å². The van der Waals surface area contributed by atoms with Gasteiger partial charge in [-0.1, -0.05) is 48.6 Å². The number of carbonyl (C=O) groups excluding carboxylic acids is 1. The van der Waals surface area contributed by atoms with E-state index < -0.39 is 0 Å². The molecular formula is C21H22FN3OS. The van der Waals surface area contributed by atoms with Gasteiger partial charge in [-0.15, -0.1) is 0 Å². The van der Waals surface area contributed by atoms with Gasteiger partial charge in [-0.2, -0.15) is 0 Å². The normalized spacial score (nSPS) is 11.9. The van der Waals surface area contributed by atoms with Gasteiger partial charge >= 0.3 is 0 Å². The second kappa shape index (κ2) is 8.31. The highest BCUT2D eigenvalue weighted by Crippen LogP contribution is 2.28. The molecule has 2 aromatic carbocycles. The predicted molar refractivity (Wildman–Crippen MR) is 108 cm³/mol. The summed E-state index contributed by atoms with van der Waals surface area (Å²) in [5, 5.41) is 6.96. The standard InChI is InChI=1S/C21H22FN3OS/c1-4-15-7-5-6-8-18(15)25-21-24-14(3)19(27-21)20(26)23-13(2)16-9-11-17(22)12-10-16/h5-13H,4H2,1-3H3,(H,23,26)(H,24,25). The molecule has 140 valence electrons. The maximum absolute atomic E-state index is 13.1. The summed E-state index contributed by atoms with van der Waals surface area (Å²) in [6.45, 7) is 5.80. The maximum Gasteiger partial charge on any atom is 0.263 e. The van der Waals surface area contributed by atoms with Gasteiger partial charge in [0.1, 0.15) is 10.7 Å². The van der Waals surface area contributed by atoms with E-state index in [1.165, 1.54) is 29.0 Å². The van der Waals surface area contributed by atoms with Crippen molar-refractivity contribution >= 4 is 28.1 Å². The van der Waals surface area contributed by atoms with Crippen LogP contribution in [0.15, 0.2) is 48.5 Å². The second-order valence-corrected chi connectivity index (χ2v) is 7.32. The van der Waals surface area contributed by atoms with Crippen molar-refractivity contribution in [3.8, 4) is 0 Å². The lowest BCUT2D eigenvalue weighted by atomic mass is 10.1. The molecular weight excluding hydrogens is 361 g/mol. The van der Waals surface area contributed by atoms with E-state index >= 15 is 0 Å². The third-order valence-corrected chi connectivity index (χ3v) is 5.43. The van der Waals surface area contributed by atoms with E-state index in [0.29, 0.717) is 15.7 Å². The molecule has 1 atom stereocenters. The summed E-state index contributed by atoms with van der Waals surface area (Å²) in [5.74, 6) is -0.475. The Balaban J connectivity index is 1.73. The van der Waals surface area contributed by atoms with Crippen LogP contribution in [0, 0.1) is 12.7 Å². The zero-order valence-corrected chi connectivity index (χ0v) is 16.4. The molecule has 1 unspecified atom stereocenters. The number of benzene rings is 2. The lowest BCUT2D eigenvalue weighted by Gasteiger charge is -2.13. The van der Waals surface area contributed by atoms with Crippen molar-refractivity contribution in [1.82, 2.24) is 10.3 Å². The van der Waals surface area contributed by atoms with Gasteiger partial charge in [0.15, 0.2) is 5.13 Å². The molecule has 0 aliphatic carbocycles. The van der Waals surface area contributed by atoms with Crippen molar-refractivity contribution in [2.45, 2.75) is 33.2 Å². The number of hydrogen-bond acceptors (Lipinski definition) is 4. The number of nitrogens with zero attached hydrogens (tertiary/aromatic N) is 1. The molecule has 0 aliphatic rings. The van der Waals surface area contributed by atoms with Gasteiger partial charge in [0, 0.05) is 5.69 Å². The number of anilines is 2. The zero-order valence-electron chi connectivity index (χ0n) is 15.5. The van der Waals surface area contributed by atoms with Crippen molar-refractivity contribution < 1.29 is 9.18 Å². The van der Waals surface area contributed by atoms with Crippen LogP contribution in [0.25, 0.3) is 0 Å². The van der Waals surface area contributed by atoms with Crippen LogP contribution in [0.5, 0.6) is 0 Å². The molecule has 2 N–H and O–H groups in total. The highest BCUT2D eigenvalue weighted by molar-refractivity contribution is 7.17. The number of rotatable bonds is 6. The predicted octanol–water partition coefficient (Wildman–Crippen LogP) is 5.39. The van der Waals surface area contributed by atoms with Crippen molar-refractivity contribution in [1.29, 1.82) is 0 Å². The molecule has 6 heteroatoms. The highest BCUT2D eigenvalue weighted by Gasteiger charge is 2.18. The fourth-order valence-corrected chi connectivity index (χ4v) is 3.71. The number of amides is 1. The molecule has 0 saturated carbocycles. The number of aromatic nitrogens is 1. The smallest absolute Gasteiger partial charge is 0.263 e. The van der Waals surface area contributed by atoms with E-state index in [1.54, 1.807) is 12.1 Å². The molecule has 0 bridgehead atoms. The van der Waals surface area contributed by atoms with Gasteiger partial charge in [-0.3, -0.25) is 4.79 Å². The monoisotopic (exact) mass is 383 g/mol. The Kier molecular flexibility index (Phi) is 5.86. The second-order valence-electron chi connectivity index (χ2n) is 6.32. The molecule has 0 radical (unpaired) electrons. The number of nitrogens with one attached hydrogen (secondary N) is 2. The third kappa shape index (κ3) is 4.52. The van der Waals surface area contributed by atoms with Gasteiger partial charge in [0.2, 0.25) is 0 Å². The summed E-state index contributed by atoms with van der Waals surface area (Å²) in [4.78, 5) is 17.7. The first-order chi connectivity index (χ1) is 13.0. The summed E-state index contributed by atoms with van der Waals surface area (Å²) in [7, 11) is 0. The molecule has 4 nitrogen and oxygen atoms in total. The van der Waals surface area contributed by atoms with Crippen molar-refractivity contribution in [3.05, 3.63) is 76.0 Å². The molecule has 27 heavy (non-hydrogen) atoms. The number of aryl methyl sites for hydroxylation is 2. The SMILES string of the molecule is CCc1ccccc1Nc1nc(C)c(C(=O)NC(C)c2ccc(F)cc2)s1. The van der Waals surface area contributed by atoms with E-state index in [2.05, 4.69) is 28.6 Å². The fourth-order valence-electron chi connectivity index (χ4n) is 2.82. The average Bonchev–Trinajstić information content (AvgIpc) is 3.03. The van der Waals surface area contributed by atoms with Crippen LogP contribution in [0.1, 0.15) is 46.4 Å². The first kappa shape index (κ1) is 19.0. The number of carbonyl (C=O) groups is 1. The molecule has 0 saturated heterocycles. The molecule has 1 amide bonds. The Morgan fingerprint density at radius 1 is 1.19 bits per heavy atom. The lowest BCUT2D eigenvalue weighted by molar-refractivity contribution is 0.0943. The Hall–Kier alpha value is -2.73. The third-order valence-electron chi connectivity index (χ3n) is 4.36. The quantitative estimate of drug-likeness (QED) is 0.600. The first-order valence-electron chi connectivity index (χ1n) is 8.86. The van der Waals surface area contributed by atoms with Gasteiger partial charge in [0.05, 0.1) is 11.7 Å². The minimum atomic E-state index is -0.293. The minimum Gasteiger partial charge on any atom is -0.345 e. The van der Waals surface area contributed by atoms with Crippen LogP contribution < -0.4 is 10.6 Å². The zero-order chi connectivity index (χ0) is 19.4. The van der Waals surface area contributed by atoms with Crippen LogP contribution in [0.2, 0.25) is 0 Å². The van der Waals surface area contributed by atoms with Crippen molar-refractivity contribution in [3.63, 3.8) is 0 Å². The first-order valence-corrected chi connectivity index (χ1v) is 9.68. The molecule has 0 spiro atoms. The highest BCUT2D eigenvalue weighted by atomic mass is 32.1. The largest absolute Gasteiger partial charge is 0.345 e. The van der Waals surface area contributed by atoms with Gasteiger partial charge in [-0.25, -0.2) is 9.37 Å². The summed E-state index contributed by atoms with van der Waals surface area (Å²) in [5.41, 5.74) is 3.73. The number of thiazole rings is 1. The van der Waals surface area contributed by atoms with E-state index in [4.69, 9.17) is 0 Å². The van der Waals surface area contributed by atoms with Crippen LogP contribution in [0.3, 0.4) is 0 Å². The Bertz CT molecular complexity index is 937. The van der Waals surface area contributed by atoms with E-state index in [-0.39, 0.29) is 17.8 Å². The van der Waals surface area contributed by atoms with Gasteiger partial charge < -0.3 is 10.6 Å². The maximum atomic E-state index is 13.1. The number of para-hydroxylation sites is 1. The van der Waals surface area contributed by atoms with Crippen LogP contribution >= 0.6 is 11.3 Å². The van der Waals surface area contributed by atoms with Gasteiger partial charge in [0.25, 0.3) is 5.91 Å². The van der Waals surface area contributed by atoms with Crippen LogP contribution in [0.4, 0.5) is 15.2 Å². The summed E-state index contributed by atoms with van der Waals surface area (Å²) in [6, 6.07) is 14.0. The van der Waals surface area contributed by atoms with E-state index in [9.17, 15) is 9.18 Å². The number of halogens is 1. The molecule has 0 aliphatic heterocycles.